The van der Waals surface area contributed by atoms with Crippen LogP contribution in [0.15, 0.2) is 0 Å². The smallest absolute Gasteiger partial charge is 0.407 e. The van der Waals surface area contributed by atoms with Crippen molar-refractivity contribution in [2.24, 2.45) is 0 Å². The molecule has 2 unspecified atom stereocenters. The fourth-order valence-corrected chi connectivity index (χ4v) is 1.70. The van der Waals surface area contributed by atoms with E-state index in [0.717, 1.165) is 0 Å². The quantitative estimate of drug-likeness (QED) is 0.695. The van der Waals surface area contributed by atoms with Gasteiger partial charge in [0, 0.05) is 25.2 Å². The number of hydrogen-bond donors (Lipinski definition) is 3. The van der Waals surface area contributed by atoms with Crippen molar-refractivity contribution in [3.63, 3.8) is 0 Å². The van der Waals surface area contributed by atoms with Crippen molar-refractivity contribution in [1.82, 2.24) is 16.0 Å². The van der Waals surface area contributed by atoms with E-state index < -0.39 is 23.4 Å². The number of ether oxygens (including phenoxy) is 2. The molecule has 3 N–H and O–H groups in total. The first-order valence-corrected chi connectivity index (χ1v) is 7.98. The van der Waals surface area contributed by atoms with E-state index in [1.165, 1.54) is 0 Å². The highest BCUT2D eigenvalue weighted by Crippen LogP contribution is 2.07. The zero-order valence-corrected chi connectivity index (χ0v) is 15.7. The molecule has 0 saturated carbocycles. The maximum absolute atomic E-state index is 11.6. The highest BCUT2D eigenvalue weighted by atomic mass is 16.6. The van der Waals surface area contributed by atoms with Gasteiger partial charge in [0.25, 0.3) is 0 Å². The average Bonchev–Trinajstić information content (AvgIpc) is 2.29. The summed E-state index contributed by atoms with van der Waals surface area (Å²) in [4.78, 5) is 23.1. The minimum Gasteiger partial charge on any atom is -0.444 e. The van der Waals surface area contributed by atoms with E-state index in [1.807, 2.05) is 55.4 Å². The van der Waals surface area contributed by atoms with Crippen molar-refractivity contribution in [3.8, 4) is 0 Å². The molecule has 7 heteroatoms. The predicted octanol–water partition coefficient (Wildman–Crippen LogP) is 2.40. The molecule has 0 saturated heterocycles. The summed E-state index contributed by atoms with van der Waals surface area (Å²) in [7, 11) is 0. The lowest BCUT2D eigenvalue weighted by atomic mass is 10.2. The van der Waals surface area contributed by atoms with Crippen LogP contribution in [-0.2, 0) is 9.47 Å². The molecule has 0 aromatic rings. The van der Waals surface area contributed by atoms with Crippen molar-refractivity contribution < 1.29 is 19.1 Å². The lowest BCUT2D eigenvalue weighted by Crippen LogP contribution is -2.48. The Kier molecular flexibility index (Phi) is 8.37. The number of hydrogen-bond acceptors (Lipinski definition) is 5. The van der Waals surface area contributed by atoms with Gasteiger partial charge < -0.3 is 25.4 Å². The van der Waals surface area contributed by atoms with Gasteiger partial charge in [-0.3, -0.25) is 0 Å². The van der Waals surface area contributed by atoms with E-state index in [9.17, 15) is 9.59 Å². The number of carbonyl (C=O) groups is 2. The van der Waals surface area contributed by atoms with Gasteiger partial charge >= 0.3 is 12.2 Å². The van der Waals surface area contributed by atoms with Gasteiger partial charge in [0.15, 0.2) is 0 Å². The third kappa shape index (κ3) is 13.9. The van der Waals surface area contributed by atoms with Crippen molar-refractivity contribution in [3.05, 3.63) is 0 Å². The maximum Gasteiger partial charge on any atom is 0.407 e. The summed E-state index contributed by atoms with van der Waals surface area (Å²) >= 11 is 0. The molecule has 136 valence electrons. The molecule has 0 radical (unpaired) electrons. The van der Waals surface area contributed by atoms with Crippen LogP contribution >= 0.6 is 0 Å². The summed E-state index contributed by atoms with van der Waals surface area (Å²) < 4.78 is 10.3. The number of nitrogens with one attached hydrogen (secondary N) is 3. The topological polar surface area (TPSA) is 88.7 Å². The third-order valence-corrected chi connectivity index (χ3v) is 2.47. The molecular formula is C16H33N3O4. The highest BCUT2D eigenvalue weighted by Gasteiger charge is 2.18. The lowest BCUT2D eigenvalue weighted by Gasteiger charge is -2.24. The first kappa shape index (κ1) is 21.5. The van der Waals surface area contributed by atoms with Gasteiger partial charge in [-0.25, -0.2) is 9.59 Å². The Balaban J connectivity index is 3.96. The van der Waals surface area contributed by atoms with E-state index in [0.29, 0.717) is 13.1 Å². The Morgan fingerprint density at radius 3 is 1.35 bits per heavy atom. The molecule has 2 atom stereocenters. The Labute approximate surface area is 139 Å². The fraction of sp³-hybridized carbons (Fsp3) is 0.875. The number of carbonyl (C=O) groups excluding carboxylic acids is 2. The largest absolute Gasteiger partial charge is 0.444 e. The van der Waals surface area contributed by atoms with Crippen LogP contribution in [0, 0.1) is 0 Å². The standard InChI is InChI=1S/C16H33N3O4/c1-11(9-17-13(20)22-15(3,4)5)19-12(2)10-18-14(21)23-16(6,7)8/h11-12,19H,9-10H2,1-8H3,(H,17,20)(H,18,21). The average molecular weight is 331 g/mol. The van der Waals surface area contributed by atoms with E-state index in [4.69, 9.17) is 9.47 Å². The second-order valence-corrected chi connectivity index (χ2v) is 7.73. The lowest BCUT2D eigenvalue weighted by molar-refractivity contribution is 0.0518. The number of alkyl carbamates (subject to hydrolysis) is 2. The summed E-state index contributed by atoms with van der Waals surface area (Å²) in [6.45, 7) is 15.7. The van der Waals surface area contributed by atoms with Gasteiger partial charge in [-0.2, -0.15) is 0 Å². The van der Waals surface area contributed by atoms with Gasteiger partial charge in [-0.15, -0.1) is 0 Å². The van der Waals surface area contributed by atoms with Crippen molar-refractivity contribution in [1.29, 1.82) is 0 Å². The van der Waals surface area contributed by atoms with Gasteiger partial charge in [0.2, 0.25) is 0 Å². The molecular weight excluding hydrogens is 298 g/mol. The molecule has 0 aromatic carbocycles. The molecule has 0 aromatic heterocycles. The molecule has 23 heavy (non-hydrogen) atoms. The monoisotopic (exact) mass is 331 g/mol. The zero-order valence-electron chi connectivity index (χ0n) is 15.7. The van der Waals surface area contributed by atoms with Crippen LogP contribution in [0.4, 0.5) is 9.59 Å². The summed E-state index contributed by atoms with van der Waals surface area (Å²) in [6.07, 6.45) is -0.878. The van der Waals surface area contributed by atoms with Gasteiger partial charge in [0.1, 0.15) is 11.2 Å². The molecule has 0 fully saturated rings. The fourth-order valence-electron chi connectivity index (χ4n) is 1.70. The number of amides is 2. The summed E-state index contributed by atoms with van der Waals surface area (Å²) in [5.41, 5.74) is -1.02. The molecule has 0 bridgehead atoms. The Morgan fingerprint density at radius 1 is 0.783 bits per heavy atom. The van der Waals surface area contributed by atoms with Crippen LogP contribution in [0.25, 0.3) is 0 Å². The SMILES string of the molecule is CC(CNC(=O)OC(C)(C)C)NC(C)CNC(=O)OC(C)(C)C. The molecule has 0 heterocycles. The van der Waals surface area contributed by atoms with E-state index in [-0.39, 0.29) is 12.1 Å². The second kappa shape index (κ2) is 8.96. The van der Waals surface area contributed by atoms with Crippen LogP contribution < -0.4 is 16.0 Å². The minimum atomic E-state index is -0.509. The van der Waals surface area contributed by atoms with E-state index >= 15 is 0 Å². The molecule has 7 nitrogen and oxygen atoms in total. The Morgan fingerprint density at radius 2 is 1.09 bits per heavy atom. The molecule has 0 aliphatic rings. The molecule has 0 aliphatic carbocycles. The first-order valence-electron chi connectivity index (χ1n) is 7.98. The van der Waals surface area contributed by atoms with Gasteiger partial charge in [0.05, 0.1) is 0 Å². The van der Waals surface area contributed by atoms with Crippen molar-refractivity contribution in [2.45, 2.75) is 78.7 Å². The molecule has 0 rings (SSSR count). The second-order valence-electron chi connectivity index (χ2n) is 7.73. The first-order chi connectivity index (χ1) is 10.3. The maximum atomic E-state index is 11.6. The van der Waals surface area contributed by atoms with Gasteiger partial charge in [-0.05, 0) is 55.4 Å². The molecule has 2 amide bonds. The minimum absolute atomic E-state index is 0.0398. The van der Waals surface area contributed by atoms with E-state index in [1.54, 1.807) is 0 Å². The number of rotatable bonds is 6. The molecule has 0 spiro atoms. The van der Waals surface area contributed by atoms with Crippen LogP contribution in [0.3, 0.4) is 0 Å². The van der Waals surface area contributed by atoms with Gasteiger partial charge in [-0.1, -0.05) is 0 Å². The predicted molar refractivity (Wildman–Crippen MR) is 90.5 cm³/mol. The molecule has 0 aliphatic heterocycles. The summed E-state index contributed by atoms with van der Waals surface area (Å²) in [5.74, 6) is 0. The highest BCUT2D eigenvalue weighted by molar-refractivity contribution is 5.68. The zero-order chi connectivity index (χ0) is 18.3. The van der Waals surface area contributed by atoms with Crippen LogP contribution in [0.1, 0.15) is 55.4 Å². The van der Waals surface area contributed by atoms with Crippen LogP contribution in [0.5, 0.6) is 0 Å². The van der Waals surface area contributed by atoms with Crippen molar-refractivity contribution in [2.75, 3.05) is 13.1 Å². The van der Waals surface area contributed by atoms with E-state index in [2.05, 4.69) is 16.0 Å². The van der Waals surface area contributed by atoms with Crippen molar-refractivity contribution >= 4 is 12.2 Å². The van der Waals surface area contributed by atoms with Crippen LogP contribution in [-0.4, -0.2) is 48.6 Å². The normalized spacial score (nSPS) is 14.6. The Bertz CT molecular complexity index is 350. The Hall–Kier alpha value is -1.50. The van der Waals surface area contributed by atoms with Crippen LogP contribution in [0.2, 0.25) is 0 Å². The summed E-state index contributed by atoms with van der Waals surface area (Å²) in [5, 5.41) is 8.68. The third-order valence-electron chi connectivity index (χ3n) is 2.47. The summed E-state index contributed by atoms with van der Waals surface area (Å²) in [6, 6.07) is 0.0795.